The Balaban J connectivity index is 2.11. The Hall–Kier alpha value is -2.55. The summed E-state index contributed by atoms with van der Waals surface area (Å²) in [6.07, 6.45) is 0. The first-order chi connectivity index (χ1) is 12.4. The van der Waals surface area contributed by atoms with Gasteiger partial charge in [0.25, 0.3) is 0 Å². The fourth-order valence-electron chi connectivity index (χ4n) is 2.10. The molecule has 0 unspecified atom stereocenters. The highest BCUT2D eigenvalue weighted by Gasteiger charge is 2.12. The lowest BCUT2D eigenvalue weighted by Gasteiger charge is -2.11. The lowest BCUT2D eigenvalue weighted by atomic mass is 10.2. The van der Waals surface area contributed by atoms with E-state index in [1.165, 1.54) is 25.3 Å². The fourth-order valence-corrected chi connectivity index (χ4v) is 2.51. The molecule has 2 aromatic carbocycles. The minimum atomic E-state index is -2.95. The molecule has 0 saturated heterocycles. The van der Waals surface area contributed by atoms with E-state index in [1.54, 1.807) is 13.2 Å². The third-order valence-corrected chi connectivity index (χ3v) is 3.79. The monoisotopic (exact) mass is 430 g/mol. The summed E-state index contributed by atoms with van der Waals surface area (Å²) in [6.45, 7) is -2.82. The minimum absolute atomic E-state index is 0.0564. The van der Waals surface area contributed by atoms with Gasteiger partial charge in [0.05, 0.1) is 14.2 Å². The number of rotatable bonds is 8. The third-order valence-electron chi connectivity index (χ3n) is 3.30. The number of oxime groups is 1. The van der Waals surface area contributed by atoms with Crippen LogP contribution in [-0.2, 0) is 11.4 Å². The molecule has 0 aliphatic carbocycles. The number of nitrogens with zero attached hydrogens (tertiary/aromatic N) is 1. The van der Waals surface area contributed by atoms with Gasteiger partial charge in [0.1, 0.15) is 12.4 Å². The predicted molar refractivity (Wildman–Crippen MR) is 95.8 cm³/mol. The molecule has 0 fully saturated rings. The summed E-state index contributed by atoms with van der Waals surface area (Å²) in [7, 11) is 2.89. The molecule has 0 spiro atoms. The summed E-state index contributed by atoms with van der Waals surface area (Å²) >= 11 is 3.37. The maximum Gasteiger partial charge on any atom is 0.387 e. The van der Waals surface area contributed by atoms with E-state index in [2.05, 4.69) is 25.8 Å². The minimum Gasteiger partial charge on any atom is -0.496 e. The predicted octanol–water partition coefficient (Wildman–Crippen LogP) is 3.90. The largest absolute Gasteiger partial charge is 0.496 e. The molecule has 2 rings (SSSR count). The summed E-state index contributed by atoms with van der Waals surface area (Å²) in [4.78, 5) is 5.27. The van der Waals surface area contributed by atoms with Gasteiger partial charge >= 0.3 is 6.61 Å². The number of nitrogens with two attached hydrogens (primary N) is 1. The summed E-state index contributed by atoms with van der Waals surface area (Å²) < 4.78 is 40.2. The quantitative estimate of drug-likeness (QED) is 0.390. The highest BCUT2D eigenvalue weighted by molar-refractivity contribution is 9.10. The van der Waals surface area contributed by atoms with Crippen LogP contribution in [-0.4, -0.2) is 26.7 Å². The number of hydrogen-bond donors (Lipinski definition) is 1. The Morgan fingerprint density at radius 1 is 1.08 bits per heavy atom. The van der Waals surface area contributed by atoms with Crippen molar-refractivity contribution in [1.82, 2.24) is 0 Å². The van der Waals surface area contributed by atoms with Crippen LogP contribution in [0.15, 0.2) is 46.0 Å². The number of methoxy groups -OCH3 is 2. The normalized spacial score (nSPS) is 11.4. The van der Waals surface area contributed by atoms with Crippen molar-refractivity contribution in [1.29, 1.82) is 0 Å². The van der Waals surface area contributed by atoms with Gasteiger partial charge in [0, 0.05) is 15.6 Å². The number of hydrogen-bond acceptors (Lipinski definition) is 5. The van der Waals surface area contributed by atoms with Crippen LogP contribution < -0.4 is 19.9 Å². The van der Waals surface area contributed by atoms with E-state index in [1.807, 2.05) is 12.1 Å². The molecule has 0 bridgehead atoms. The third kappa shape index (κ3) is 5.22. The molecule has 26 heavy (non-hydrogen) atoms. The Labute approximate surface area is 157 Å². The average Bonchev–Trinajstić information content (AvgIpc) is 2.61. The molecule has 0 radical (unpaired) electrons. The molecule has 0 saturated carbocycles. The van der Waals surface area contributed by atoms with E-state index >= 15 is 0 Å². The number of ether oxygens (including phenoxy) is 3. The molecular weight excluding hydrogens is 414 g/mol. The SMILES string of the molecule is COc1ccc(Br)cc1CO/N=C(/N)c1ccc(OC(F)F)c(OC)c1. The van der Waals surface area contributed by atoms with E-state index in [0.717, 1.165) is 10.0 Å². The van der Waals surface area contributed by atoms with E-state index in [0.29, 0.717) is 11.3 Å². The molecule has 0 aromatic heterocycles. The zero-order chi connectivity index (χ0) is 19.1. The van der Waals surface area contributed by atoms with Crippen molar-refractivity contribution < 1.29 is 27.8 Å². The summed E-state index contributed by atoms with van der Waals surface area (Å²) in [5.41, 5.74) is 7.08. The lowest BCUT2D eigenvalue weighted by Crippen LogP contribution is -2.14. The number of benzene rings is 2. The zero-order valence-corrected chi connectivity index (χ0v) is 15.6. The standard InChI is InChI=1S/C17H17BrF2N2O4/c1-23-13-6-4-12(18)7-11(13)9-25-22-16(21)10-3-5-14(26-17(19)20)15(8-10)24-2/h3-8,17H,9H2,1-2H3,(H2,21,22). The summed E-state index contributed by atoms with van der Waals surface area (Å²) in [6, 6.07) is 9.70. The maximum absolute atomic E-state index is 12.4. The van der Waals surface area contributed by atoms with Crippen molar-refractivity contribution in [3.63, 3.8) is 0 Å². The van der Waals surface area contributed by atoms with Gasteiger partial charge in [0.15, 0.2) is 17.3 Å². The number of amidine groups is 1. The van der Waals surface area contributed by atoms with E-state index in [9.17, 15) is 8.78 Å². The Morgan fingerprint density at radius 3 is 2.42 bits per heavy atom. The molecule has 0 aliphatic rings. The molecule has 9 heteroatoms. The highest BCUT2D eigenvalue weighted by atomic mass is 79.9. The summed E-state index contributed by atoms with van der Waals surface area (Å²) in [5, 5.41) is 3.84. The second-order valence-electron chi connectivity index (χ2n) is 4.95. The molecule has 0 atom stereocenters. The number of halogens is 3. The first kappa shape index (κ1) is 19.8. The Kier molecular flexibility index (Phi) is 7.02. The van der Waals surface area contributed by atoms with Gasteiger partial charge in [-0.1, -0.05) is 21.1 Å². The van der Waals surface area contributed by atoms with Crippen LogP contribution in [0.25, 0.3) is 0 Å². The molecule has 140 valence electrons. The molecule has 6 nitrogen and oxygen atoms in total. The number of alkyl halides is 2. The lowest BCUT2D eigenvalue weighted by molar-refractivity contribution is -0.0512. The first-order valence-electron chi connectivity index (χ1n) is 7.35. The average molecular weight is 431 g/mol. The summed E-state index contributed by atoms with van der Waals surface area (Å²) in [5.74, 6) is 0.714. The first-order valence-corrected chi connectivity index (χ1v) is 8.15. The molecule has 2 aromatic rings. The van der Waals surface area contributed by atoms with Gasteiger partial charge in [0.2, 0.25) is 0 Å². The van der Waals surface area contributed by atoms with Crippen molar-refractivity contribution in [3.8, 4) is 17.2 Å². The molecule has 0 aliphatic heterocycles. The van der Waals surface area contributed by atoms with Crippen LogP contribution in [0.2, 0.25) is 0 Å². The van der Waals surface area contributed by atoms with Crippen LogP contribution in [0.1, 0.15) is 11.1 Å². The Bertz CT molecular complexity index is 787. The Morgan fingerprint density at radius 2 is 1.77 bits per heavy atom. The van der Waals surface area contributed by atoms with Gasteiger partial charge in [-0.3, -0.25) is 0 Å². The molecule has 0 amide bonds. The van der Waals surface area contributed by atoms with Crippen LogP contribution in [0, 0.1) is 0 Å². The van der Waals surface area contributed by atoms with Crippen molar-refractivity contribution >= 4 is 21.8 Å². The van der Waals surface area contributed by atoms with Crippen LogP contribution >= 0.6 is 15.9 Å². The van der Waals surface area contributed by atoms with Crippen LogP contribution in [0.3, 0.4) is 0 Å². The van der Waals surface area contributed by atoms with Gasteiger partial charge in [-0.05, 0) is 36.4 Å². The van der Waals surface area contributed by atoms with Crippen molar-refractivity contribution in [2.24, 2.45) is 10.9 Å². The van der Waals surface area contributed by atoms with E-state index in [-0.39, 0.29) is 23.9 Å². The second-order valence-corrected chi connectivity index (χ2v) is 5.87. The van der Waals surface area contributed by atoms with Gasteiger partial charge in [-0.15, -0.1) is 0 Å². The van der Waals surface area contributed by atoms with E-state index in [4.69, 9.17) is 20.0 Å². The van der Waals surface area contributed by atoms with Crippen LogP contribution in [0.5, 0.6) is 17.2 Å². The highest BCUT2D eigenvalue weighted by Crippen LogP contribution is 2.29. The second kappa shape index (κ2) is 9.23. The zero-order valence-electron chi connectivity index (χ0n) is 14.0. The topological polar surface area (TPSA) is 75.3 Å². The van der Waals surface area contributed by atoms with Crippen molar-refractivity contribution in [2.45, 2.75) is 13.2 Å². The molecule has 2 N–H and O–H groups in total. The van der Waals surface area contributed by atoms with Crippen molar-refractivity contribution in [3.05, 3.63) is 52.0 Å². The molecular formula is C17H17BrF2N2O4. The van der Waals surface area contributed by atoms with Crippen molar-refractivity contribution in [2.75, 3.05) is 14.2 Å². The van der Waals surface area contributed by atoms with E-state index < -0.39 is 6.61 Å². The molecule has 0 heterocycles. The fraction of sp³-hybridized carbons (Fsp3) is 0.235. The van der Waals surface area contributed by atoms with Gasteiger partial charge in [-0.25, -0.2) is 0 Å². The van der Waals surface area contributed by atoms with Gasteiger partial charge in [-0.2, -0.15) is 8.78 Å². The van der Waals surface area contributed by atoms with Crippen LogP contribution in [0.4, 0.5) is 8.78 Å². The smallest absolute Gasteiger partial charge is 0.387 e. The maximum atomic E-state index is 12.4. The van der Waals surface area contributed by atoms with Gasteiger partial charge < -0.3 is 24.8 Å².